The van der Waals surface area contributed by atoms with Crippen LogP contribution < -0.4 is 14.0 Å². The topological polar surface area (TPSA) is 31.6 Å². The van der Waals surface area contributed by atoms with E-state index in [9.17, 15) is 0 Å². The number of fused-ring (bicyclic) bond motifs is 2. The van der Waals surface area contributed by atoms with Gasteiger partial charge in [-0.1, -0.05) is 23.5 Å². The molecule has 0 radical (unpaired) electrons. The van der Waals surface area contributed by atoms with Crippen molar-refractivity contribution in [3.63, 3.8) is 0 Å². The molecule has 25 heavy (non-hydrogen) atoms. The van der Waals surface area contributed by atoms with Crippen LogP contribution in [0, 0.1) is 0 Å². The van der Waals surface area contributed by atoms with E-state index in [0.717, 1.165) is 35.1 Å². The molecule has 0 unspecified atom stereocenters. The lowest BCUT2D eigenvalue weighted by Crippen LogP contribution is -2.33. The van der Waals surface area contributed by atoms with Crippen LogP contribution >= 0.6 is 11.3 Å². The average Bonchev–Trinajstić information content (AvgIpc) is 3.14. The van der Waals surface area contributed by atoms with Gasteiger partial charge >= 0.3 is 0 Å². The molecule has 0 bridgehead atoms. The summed E-state index contributed by atoms with van der Waals surface area (Å²) in [7, 11) is 0. The standard InChI is InChI=1S/C20H20NO3S/c1-4-21-16-10-17-18(23-12-22-17)11-19(16)25-20(21)7-5-6-15-8-13(2)24-14(3)9-15/h5-11H,4,12H2,1-3H3/q+1. The number of thiazole rings is 1. The molecule has 2 aromatic rings. The Balaban J connectivity index is 1.68. The number of benzene rings is 1. The fraction of sp³-hybridized carbons (Fsp3) is 0.250. The highest BCUT2D eigenvalue weighted by Crippen LogP contribution is 2.37. The molecule has 2 aliphatic rings. The molecule has 0 spiro atoms. The summed E-state index contributed by atoms with van der Waals surface area (Å²) in [5, 5.41) is 1.20. The zero-order valence-electron chi connectivity index (χ0n) is 14.5. The van der Waals surface area contributed by atoms with Crippen LogP contribution in [0.1, 0.15) is 25.8 Å². The Labute approximate surface area is 150 Å². The van der Waals surface area contributed by atoms with Gasteiger partial charge in [0.15, 0.2) is 11.5 Å². The molecular formula is C20H20NO3S+. The molecule has 0 N–H and O–H groups in total. The van der Waals surface area contributed by atoms with Crippen LogP contribution in [-0.2, 0) is 11.3 Å². The van der Waals surface area contributed by atoms with E-state index >= 15 is 0 Å². The molecular weight excluding hydrogens is 334 g/mol. The first-order valence-electron chi connectivity index (χ1n) is 8.33. The summed E-state index contributed by atoms with van der Waals surface area (Å²) < 4.78 is 20.0. The number of allylic oxidation sites excluding steroid dienone is 7. The Hall–Kier alpha value is -2.53. The van der Waals surface area contributed by atoms with Crippen molar-refractivity contribution in [1.29, 1.82) is 0 Å². The Morgan fingerprint density at radius 3 is 2.56 bits per heavy atom. The average molecular weight is 354 g/mol. The van der Waals surface area contributed by atoms with Crippen LogP contribution in [0.15, 0.2) is 53.5 Å². The summed E-state index contributed by atoms with van der Waals surface area (Å²) in [5.74, 6) is 3.49. The smallest absolute Gasteiger partial charge is 0.262 e. The Kier molecular flexibility index (Phi) is 4.09. The van der Waals surface area contributed by atoms with E-state index in [1.807, 2.05) is 26.0 Å². The van der Waals surface area contributed by atoms with Gasteiger partial charge in [-0.15, -0.1) is 0 Å². The SMILES string of the molecule is CC[n+]1c(C=CC=C2C=C(C)OC(C)=C2)sc2cc3c(cc21)OCO3. The van der Waals surface area contributed by atoms with Gasteiger partial charge in [0.2, 0.25) is 12.3 Å². The van der Waals surface area contributed by atoms with E-state index in [2.05, 4.69) is 41.9 Å². The highest BCUT2D eigenvalue weighted by molar-refractivity contribution is 7.18. The van der Waals surface area contributed by atoms with Gasteiger partial charge in [-0.3, -0.25) is 0 Å². The predicted molar refractivity (Wildman–Crippen MR) is 99.5 cm³/mol. The lowest BCUT2D eigenvalue weighted by Gasteiger charge is -2.11. The summed E-state index contributed by atoms with van der Waals surface area (Å²) in [6.45, 7) is 7.30. The minimum Gasteiger partial charge on any atom is -0.467 e. The summed E-state index contributed by atoms with van der Waals surface area (Å²) in [4.78, 5) is 0. The molecule has 0 saturated carbocycles. The maximum absolute atomic E-state index is 5.53. The van der Waals surface area contributed by atoms with Crippen LogP contribution in [0.3, 0.4) is 0 Å². The second-order valence-electron chi connectivity index (χ2n) is 6.00. The minimum absolute atomic E-state index is 0.308. The summed E-state index contributed by atoms with van der Waals surface area (Å²) >= 11 is 1.76. The second kappa shape index (κ2) is 6.41. The van der Waals surface area contributed by atoms with Crippen molar-refractivity contribution < 1.29 is 18.8 Å². The highest BCUT2D eigenvalue weighted by atomic mass is 32.1. The number of hydrogen-bond acceptors (Lipinski definition) is 4. The van der Waals surface area contributed by atoms with Crippen molar-refractivity contribution in [2.24, 2.45) is 0 Å². The molecule has 2 aliphatic heterocycles. The number of hydrogen-bond donors (Lipinski definition) is 0. The van der Waals surface area contributed by atoms with E-state index in [0.29, 0.717) is 6.79 Å². The molecule has 1 aromatic heterocycles. The van der Waals surface area contributed by atoms with Crippen molar-refractivity contribution >= 4 is 27.6 Å². The number of ether oxygens (including phenoxy) is 3. The van der Waals surface area contributed by atoms with Crippen LogP contribution in [0.4, 0.5) is 0 Å². The third-order valence-electron chi connectivity index (χ3n) is 4.13. The molecule has 4 nitrogen and oxygen atoms in total. The molecule has 1 aromatic carbocycles. The van der Waals surface area contributed by atoms with Crippen molar-refractivity contribution in [2.45, 2.75) is 27.3 Å². The first-order chi connectivity index (χ1) is 12.1. The van der Waals surface area contributed by atoms with Crippen LogP contribution in [0.2, 0.25) is 0 Å². The molecule has 0 atom stereocenters. The maximum Gasteiger partial charge on any atom is 0.262 e. The predicted octanol–water partition coefficient (Wildman–Crippen LogP) is 4.71. The van der Waals surface area contributed by atoms with Gasteiger partial charge in [-0.25, -0.2) is 0 Å². The van der Waals surface area contributed by atoms with Crippen molar-refractivity contribution in [1.82, 2.24) is 0 Å². The van der Waals surface area contributed by atoms with Gasteiger partial charge in [0, 0.05) is 12.1 Å². The number of nitrogens with zero attached hydrogens (tertiary/aromatic N) is 1. The van der Waals surface area contributed by atoms with Gasteiger partial charge < -0.3 is 14.2 Å². The Bertz CT molecular complexity index is 943. The molecule has 128 valence electrons. The molecule has 0 fully saturated rings. The first kappa shape index (κ1) is 16.0. The lowest BCUT2D eigenvalue weighted by molar-refractivity contribution is -0.665. The zero-order chi connectivity index (χ0) is 17.4. The minimum atomic E-state index is 0.308. The Morgan fingerprint density at radius 1 is 1.12 bits per heavy atom. The summed E-state index contributed by atoms with van der Waals surface area (Å²) in [6, 6.07) is 4.14. The molecule has 0 saturated heterocycles. The second-order valence-corrected chi connectivity index (χ2v) is 7.06. The largest absolute Gasteiger partial charge is 0.467 e. The third kappa shape index (κ3) is 3.07. The quantitative estimate of drug-likeness (QED) is 0.748. The zero-order valence-corrected chi connectivity index (χ0v) is 15.4. The maximum atomic E-state index is 5.53. The van der Waals surface area contributed by atoms with E-state index in [4.69, 9.17) is 14.2 Å². The lowest BCUT2D eigenvalue weighted by atomic mass is 10.1. The van der Waals surface area contributed by atoms with Gasteiger partial charge in [0.1, 0.15) is 22.8 Å². The van der Waals surface area contributed by atoms with Crippen molar-refractivity contribution in [3.05, 3.63) is 58.5 Å². The van der Waals surface area contributed by atoms with E-state index in [1.54, 1.807) is 11.3 Å². The Morgan fingerprint density at radius 2 is 1.84 bits per heavy atom. The highest BCUT2D eigenvalue weighted by Gasteiger charge is 2.23. The van der Waals surface area contributed by atoms with Crippen LogP contribution in [0.5, 0.6) is 11.5 Å². The van der Waals surface area contributed by atoms with Gasteiger partial charge in [0.25, 0.3) is 5.01 Å². The molecule has 3 heterocycles. The monoisotopic (exact) mass is 354 g/mol. The fourth-order valence-corrected chi connectivity index (χ4v) is 4.25. The summed E-state index contributed by atoms with van der Waals surface area (Å²) in [5.41, 5.74) is 2.32. The van der Waals surface area contributed by atoms with Crippen LogP contribution in [0.25, 0.3) is 16.3 Å². The van der Waals surface area contributed by atoms with E-state index in [-0.39, 0.29) is 0 Å². The van der Waals surface area contributed by atoms with E-state index in [1.165, 1.54) is 15.2 Å². The molecule has 5 heteroatoms. The third-order valence-corrected chi connectivity index (χ3v) is 5.24. The van der Waals surface area contributed by atoms with Gasteiger partial charge in [-0.2, -0.15) is 4.57 Å². The van der Waals surface area contributed by atoms with Gasteiger partial charge in [-0.05, 0) is 38.5 Å². The van der Waals surface area contributed by atoms with Crippen molar-refractivity contribution in [3.8, 4) is 11.5 Å². The summed E-state index contributed by atoms with van der Waals surface area (Å²) in [6.07, 6.45) is 10.4. The van der Waals surface area contributed by atoms with Gasteiger partial charge in [0.05, 0.1) is 6.07 Å². The number of rotatable bonds is 3. The molecule has 4 rings (SSSR count). The van der Waals surface area contributed by atoms with E-state index < -0.39 is 0 Å². The van der Waals surface area contributed by atoms with Crippen molar-refractivity contribution in [2.75, 3.05) is 6.79 Å². The molecule has 0 aliphatic carbocycles. The molecule has 0 amide bonds. The number of aromatic nitrogens is 1. The fourth-order valence-electron chi connectivity index (χ4n) is 3.10. The first-order valence-corrected chi connectivity index (χ1v) is 9.14. The normalized spacial score (nSPS) is 16.2. The van der Waals surface area contributed by atoms with Crippen LogP contribution in [-0.4, -0.2) is 6.79 Å². The number of aryl methyl sites for hydroxylation is 1.